The molecule has 1 N–H and O–H groups in total. The monoisotopic (exact) mass is 398 g/mol. The first-order valence-corrected chi connectivity index (χ1v) is 7.56. The van der Waals surface area contributed by atoms with Crippen LogP contribution in [0.15, 0.2) is 42.5 Å². The second-order valence-corrected chi connectivity index (χ2v) is 5.46. The van der Waals surface area contributed by atoms with Crippen LogP contribution >= 0.6 is 22.6 Å². The van der Waals surface area contributed by atoms with Gasteiger partial charge in [0.05, 0.1) is 15.7 Å². The summed E-state index contributed by atoms with van der Waals surface area (Å²) in [6.07, 6.45) is 0. The van der Waals surface area contributed by atoms with Gasteiger partial charge in [0, 0.05) is 0 Å². The van der Waals surface area contributed by atoms with Crippen LogP contribution < -0.4 is 9.47 Å². The Bertz CT molecular complexity index is 626. The third-order valence-corrected chi connectivity index (χ3v) is 3.58. The van der Waals surface area contributed by atoms with E-state index in [-0.39, 0.29) is 5.56 Å². The van der Waals surface area contributed by atoms with Crippen molar-refractivity contribution in [2.45, 2.75) is 13.5 Å². The zero-order chi connectivity index (χ0) is 15.2. The highest BCUT2D eigenvalue weighted by atomic mass is 127. The number of carboxylic acids is 1. The molecule has 0 spiro atoms. The first-order chi connectivity index (χ1) is 10.1. The second-order valence-electron chi connectivity index (χ2n) is 4.30. The fourth-order valence-corrected chi connectivity index (χ4v) is 2.58. The van der Waals surface area contributed by atoms with Crippen molar-refractivity contribution < 1.29 is 19.4 Å². The van der Waals surface area contributed by atoms with E-state index in [1.54, 1.807) is 6.07 Å². The molecule has 2 rings (SSSR count). The second kappa shape index (κ2) is 7.31. The van der Waals surface area contributed by atoms with Crippen LogP contribution in [-0.4, -0.2) is 17.7 Å². The average Bonchev–Trinajstić information content (AvgIpc) is 2.47. The minimum Gasteiger partial charge on any atom is -0.490 e. The summed E-state index contributed by atoms with van der Waals surface area (Å²) in [5.41, 5.74) is 1.23. The minimum atomic E-state index is -0.983. The number of carboxylic acid groups (broad SMARTS) is 1. The molecule has 4 nitrogen and oxygen atoms in total. The van der Waals surface area contributed by atoms with Gasteiger partial charge in [-0.15, -0.1) is 0 Å². The maximum absolute atomic E-state index is 11.1. The highest BCUT2D eigenvalue weighted by molar-refractivity contribution is 14.1. The lowest BCUT2D eigenvalue weighted by atomic mass is 10.2. The van der Waals surface area contributed by atoms with E-state index in [0.29, 0.717) is 28.3 Å². The molecule has 2 aromatic carbocycles. The van der Waals surface area contributed by atoms with Crippen LogP contribution in [0.1, 0.15) is 22.8 Å². The summed E-state index contributed by atoms with van der Waals surface area (Å²) in [5, 5.41) is 9.10. The maximum Gasteiger partial charge on any atom is 0.335 e. The zero-order valence-corrected chi connectivity index (χ0v) is 13.7. The number of hydrogen-bond acceptors (Lipinski definition) is 3. The van der Waals surface area contributed by atoms with Crippen molar-refractivity contribution in [2.24, 2.45) is 0 Å². The van der Waals surface area contributed by atoms with Crippen LogP contribution in [0.2, 0.25) is 0 Å². The lowest BCUT2D eigenvalue weighted by Gasteiger charge is -2.14. The smallest absolute Gasteiger partial charge is 0.335 e. The molecule has 0 atom stereocenters. The van der Waals surface area contributed by atoms with Gasteiger partial charge in [0.15, 0.2) is 11.5 Å². The summed E-state index contributed by atoms with van der Waals surface area (Å²) >= 11 is 2.06. The third kappa shape index (κ3) is 4.10. The van der Waals surface area contributed by atoms with Crippen molar-refractivity contribution >= 4 is 28.6 Å². The van der Waals surface area contributed by atoms with Gasteiger partial charge in [-0.25, -0.2) is 4.79 Å². The molecule has 0 aliphatic rings. The molecule has 0 aliphatic carbocycles. The molecule has 0 fully saturated rings. The number of ether oxygens (including phenoxy) is 2. The van der Waals surface area contributed by atoms with Gasteiger partial charge in [-0.05, 0) is 47.2 Å². The lowest BCUT2D eigenvalue weighted by molar-refractivity contribution is 0.0696. The summed E-state index contributed by atoms with van der Waals surface area (Å²) < 4.78 is 12.0. The Morgan fingerprint density at radius 1 is 1.19 bits per heavy atom. The van der Waals surface area contributed by atoms with Crippen molar-refractivity contribution in [2.75, 3.05) is 6.61 Å². The number of halogens is 1. The molecular formula is C16H15IO4. The Hall–Kier alpha value is -1.76. The molecule has 110 valence electrons. The van der Waals surface area contributed by atoms with Crippen LogP contribution in [0.3, 0.4) is 0 Å². The van der Waals surface area contributed by atoms with Gasteiger partial charge < -0.3 is 14.6 Å². The summed E-state index contributed by atoms with van der Waals surface area (Å²) in [7, 11) is 0. The topological polar surface area (TPSA) is 55.8 Å². The Morgan fingerprint density at radius 2 is 1.90 bits per heavy atom. The van der Waals surface area contributed by atoms with E-state index in [0.717, 1.165) is 5.56 Å². The molecule has 0 saturated heterocycles. The van der Waals surface area contributed by atoms with E-state index >= 15 is 0 Å². The van der Waals surface area contributed by atoms with Crippen LogP contribution in [0.4, 0.5) is 0 Å². The molecule has 2 aromatic rings. The van der Waals surface area contributed by atoms with E-state index < -0.39 is 5.97 Å². The highest BCUT2D eigenvalue weighted by Gasteiger charge is 2.15. The predicted molar refractivity (Wildman–Crippen MR) is 88.1 cm³/mol. The predicted octanol–water partition coefficient (Wildman–Crippen LogP) is 3.97. The first-order valence-electron chi connectivity index (χ1n) is 6.48. The van der Waals surface area contributed by atoms with Gasteiger partial charge in [0.1, 0.15) is 6.61 Å². The number of carbonyl (C=O) groups is 1. The van der Waals surface area contributed by atoms with Crippen LogP contribution in [0.5, 0.6) is 11.5 Å². The Kier molecular flexibility index (Phi) is 5.44. The number of hydrogen-bond donors (Lipinski definition) is 1. The lowest BCUT2D eigenvalue weighted by Crippen LogP contribution is -2.04. The van der Waals surface area contributed by atoms with E-state index in [9.17, 15) is 4.79 Å². The largest absolute Gasteiger partial charge is 0.490 e. The molecule has 0 unspecified atom stereocenters. The Morgan fingerprint density at radius 3 is 2.52 bits per heavy atom. The van der Waals surface area contributed by atoms with E-state index in [2.05, 4.69) is 22.6 Å². The van der Waals surface area contributed by atoms with Gasteiger partial charge in [-0.2, -0.15) is 0 Å². The molecule has 0 aliphatic heterocycles. The highest BCUT2D eigenvalue weighted by Crippen LogP contribution is 2.34. The zero-order valence-electron chi connectivity index (χ0n) is 11.5. The van der Waals surface area contributed by atoms with Crippen molar-refractivity contribution in [1.82, 2.24) is 0 Å². The number of aromatic carboxylic acids is 1. The normalized spacial score (nSPS) is 10.2. The fourth-order valence-electron chi connectivity index (χ4n) is 1.82. The molecule has 0 bridgehead atoms. The van der Waals surface area contributed by atoms with Gasteiger partial charge in [-0.1, -0.05) is 30.3 Å². The third-order valence-electron chi connectivity index (χ3n) is 2.78. The molecule has 0 saturated carbocycles. The van der Waals surface area contributed by atoms with Crippen molar-refractivity contribution in [3.8, 4) is 11.5 Å². The average molecular weight is 398 g/mol. The summed E-state index contributed by atoms with van der Waals surface area (Å²) in [5.74, 6) is 0.0486. The molecule has 0 heterocycles. The Labute approximate surface area is 136 Å². The molecule has 0 amide bonds. The molecule has 0 radical (unpaired) electrons. The fraction of sp³-hybridized carbons (Fsp3) is 0.188. The number of rotatable bonds is 6. The first kappa shape index (κ1) is 15.6. The van der Waals surface area contributed by atoms with Crippen LogP contribution in [0, 0.1) is 3.57 Å². The molecule has 21 heavy (non-hydrogen) atoms. The van der Waals surface area contributed by atoms with E-state index in [1.807, 2.05) is 37.3 Å². The van der Waals surface area contributed by atoms with Gasteiger partial charge in [0.2, 0.25) is 0 Å². The van der Waals surface area contributed by atoms with E-state index in [4.69, 9.17) is 14.6 Å². The molecule has 0 aromatic heterocycles. The van der Waals surface area contributed by atoms with E-state index in [1.165, 1.54) is 6.07 Å². The Balaban J connectivity index is 2.26. The molecule has 5 heteroatoms. The van der Waals surface area contributed by atoms with Gasteiger partial charge in [0.25, 0.3) is 0 Å². The molecular weight excluding hydrogens is 383 g/mol. The summed E-state index contributed by atoms with van der Waals surface area (Å²) in [4.78, 5) is 11.1. The van der Waals surface area contributed by atoms with Crippen molar-refractivity contribution in [1.29, 1.82) is 0 Å². The van der Waals surface area contributed by atoms with Crippen LogP contribution in [0.25, 0.3) is 0 Å². The summed E-state index contributed by atoms with van der Waals surface area (Å²) in [6, 6.07) is 12.8. The SMILES string of the molecule is CCOc1cc(C(=O)O)cc(I)c1OCc1ccccc1. The number of benzene rings is 2. The van der Waals surface area contributed by atoms with Crippen molar-refractivity contribution in [3.05, 3.63) is 57.2 Å². The quantitative estimate of drug-likeness (QED) is 0.749. The van der Waals surface area contributed by atoms with Gasteiger partial charge in [-0.3, -0.25) is 0 Å². The minimum absolute atomic E-state index is 0.190. The standard InChI is InChI=1S/C16H15IO4/c1-2-20-14-9-12(16(18)19)8-13(17)15(14)21-10-11-6-4-3-5-7-11/h3-9H,2,10H2,1H3,(H,18,19). The maximum atomic E-state index is 11.1. The van der Waals surface area contributed by atoms with Crippen LogP contribution in [-0.2, 0) is 6.61 Å². The summed E-state index contributed by atoms with van der Waals surface area (Å²) in [6.45, 7) is 2.70. The van der Waals surface area contributed by atoms with Crippen molar-refractivity contribution in [3.63, 3.8) is 0 Å². The van der Waals surface area contributed by atoms with Gasteiger partial charge >= 0.3 is 5.97 Å².